The van der Waals surface area contributed by atoms with Crippen LogP contribution in [0.4, 0.5) is 17.6 Å². The van der Waals surface area contributed by atoms with Crippen LogP contribution in [0.5, 0.6) is 5.88 Å². The van der Waals surface area contributed by atoms with Crippen molar-refractivity contribution in [2.45, 2.75) is 24.7 Å². The number of ether oxygens (including phenoxy) is 1. The molecule has 12 heteroatoms. The Balaban J connectivity index is 1.69. The maximum atomic E-state index is 15.9. The number of nitriles is 1. The van der Waals surface area contributed by atoms with Gasteiger partial charge >= 0.3 is 5.92 Å². The lowest BCUT2D eigenvalue weighted by molar-refractivity contribution is -0.209. The van der Waals surface area contributed by atoms with E-state index in [9.17, 15) is 13.9 Å². The van der Waals surface area contributed by atoms with Gasteiger partial charge in [0.2, 0.25) is 5.88 Å². The molecule has 0 saturated heterocycles. The summed E-state index contributed by atoms with van der Waals surface area (Å²) in [7, 11) is 0. The average Bonchev–Trinajstić information content (AvgIpc) is 3.35. The van der Waals surface area contributed by atoms with Gasteiger partial charge < -0.3 is 9.84 Å². The topological polar surface area (TPSA) is 110 Å². The molecule has 0 spiro atoms. The molecule has 0 aliphatic carbocycles. The molecule has 1 unspecified atom stereocenters. The molecule has 0 aliphatic rings. The lowest BCUT2D eigenvalue weighted by Crippen LogP contribution is -2.48. The Labute approximate surface area is 196 Å². The van der Waals surface area contributed by atoms with Crippen LogP contribution in [0.25, 0.3) is 0 Å². The van der Waals surface area contributed by atoms with E-state index < -0.39 is 41.0 Å². The summed E-state index contributed by atoms with van der Waals surface area (Å²) in [4.78, 5) is 4.46. The number of aromatic nitrogens is 5. The van der Waals surface area contributed by atoms with Crippen molar-refractivity contribution in [2.75, 3.05) is 0 Å². The predicted octanol–water partition coefficient (Wildman–Crippen LogP) is 3.48. The van der Waals surface area contributed by atoms with Gasteiger partial charge in [-0.1, -0.05) is 18.2 Å². The number of nitrogens with zero attached hydrogens (tertiary/aromatic N) is 6. The molecule has 2 aromatic carbocycles. The van der Waals surface area contributed by atoms with Crippen molar-refractivity contribution in [2.24, 2.45) is 0 Å². The van der Waals surface area contributed by atoms with Crippen molar-refractivity contribution in [1.82, 2.24) is 25.2 Å². The van der Waals surface area contributed by atoms with E-state index in [4.69, 9.17) is 10.00 Å². The molecule has 0 fully saturated rings. The number of rotatable bonds is 8. The minimum atomic E-state index is -4.22. The number of benzene rings is 2. The van der Waals surface area contributed by atoms with Gasteiger partial charge in [0.1, 0.15) is 30.5 Å². The van der Waals surface area contributed by atoms with Crippen molar-refractivity contribution in [3.05, 3.63) is 101 Å². The summed E-state index contributed by atoms with van der Waals surface area (Å²) in [6.07, 6.45) is 0.952. The van der Waals surface area contributed by atoms with Crippen LogP contribution in [-0.2, 0) is 24.7 Å². The number of hydrogen-bond donors (Lipinski definition) is 1. The van der Waals surface area contributed by atoms with Gasteiger partial charge in [-0.25, -0.2) is 13.8 Å². The van der Waals surface area contributed by atoms with Gasteiger partial charge in [0.05, 0.1) is 11.6 Å². The van der Waals surface area contributed by atoms with Crippen LogP contribution in [0, 0.1) is 23.0 Å². The Hall–Kier alpha value is -4.37. The van der Waals surface area contributed by atoms with Crippen LogP contribution in [0.3, 0.4) is 0 Å². The number of aliphatic hydroxyl groups is 1. The van der Waals surface area contributed by atoms with E-state index in [-0.39, 0.29) is 12.5 Å². The molecule has 2 heterocycles. The maximum absolute atomic E-state index is 15.9. The van der Waals surface area contributed by atoms with Gasteiger partial charge in [-0.15, -0.1) is 10.2 Å². The number of pyridine rings is 1. The summed E-state index contributed by atoms with van der Waals surface area (Å²) in [5.74, 6) is -6.83. The monoisotopic (exact) mass is 484 g/mol. The molecule has 1 atom stereocenters. The highest BCUT2D eigenvalue weighted by Gasteiger charge is 2.58. The predicted molar refractivity (Wildman–Crippen MR) is 112 cm³/mol. The molecule has 35 heavy (non-hydrogen) atoms. The number of halogens is 4. The Kier molecular flexibility index (Phi) is 6.44. The van der Waals surface area contributed by atoms with E-state index in [1.807, 2.05) is 6.07 Å². The second kappa shape index (κ2) is 9.47. The maximum Gasteiger partial charge on any atom is 0.323 e. The van der Waals surface area contributed by atoms with Crippen LogP contribution in [-0.4, -0.2) is 30.3 Å². The number of alkyl halides is 2. The SMILES string of the molecule is N#Cc1cccc(COc2cccc(C(F)(F)C(O)(Cn3ncnn3)c3ccc(F)cc3F)n2)c1. The van der Waals surface area contributed by atoms with Gasteiger partial charge in [-0.05, 0) is 41.1 Å². The molecule has 8 nitrogen and oxygen atoms in total. The fourth-order valence-electron chi connectivity index (χ4n) is 3.41. The highest BCUT2D eigenvalue weighted by atomic mass is 19.3. The van der Waals surface area contributed by atoms with Crippen molar-refractivity contribution >= 4 is 0 Å². The fourth-order valence-corrected chi connectivity index (χ4v) is 3.41. The largest absolute Gasteiger partial charge is 0.473 e. The van der Waals surface area contributed by atoms with Crippen molar-refractivity contribution < 1.29 is 27.4 Å². The van der Waals surface area contributed by atoms with E-state index in [1.54, 1.807) is 24.3 Å². The van der Waals surface area contributed by atoms with Crippen molar-refractivity contribution in [3.63, 3.8) is 0 Å². The average molecular weight is 484 g/mol. The molecule has 0 amide bonds. The summed E-state index contributed by atoms with van der Waals surface area (Å²) in [5, 5.41) is 30.7. The summed E-state index contributed by atoms with van der Waals surface area (Å²) in [5.41, 5.74) is -4.11. The lowest BCUT2D eigenvalue weighted by Gasteiger charge is -2.35. The molecule has 1 N–H and O–H groups in total. The molecule has 0 aliphatic heterocycles. The molecule has 4 aromatic rings. The summed E-state index contributed by atoms with van der Waals surface area (Å²) in [6, 6.07) is 13.8. The van der Waals surface area contributed by atoms with Gasteiger partial charge in [0.15, 0.2) is 11.9 Å². The second-order valence-electron chi connectivity index (χ2n) is 7.49. The Morgan fingerprint density at radius 2 is 1.86 bits per heavy atom. The summed E-state index contributed by atoms with van der Waals surface area (Å²) >= 11 is 0. The van der Waals surface area contributed by atoms with Crippen molar-refractivity contribution in [3.8, 4) is 11.9 Å². The fraction of sp³-hybridized carbons (Fsp3) is 0.174. The molecular weight excluding hydrogens is 468 g/mol. The van der Waals surface area contributed by atoms with Gasteiger partial charge in [-0.3, -0.25) is 0 Å². The van der Waals surface area contributed by atoms with Crippen LogP contribution in [0.15, 0.2) is 67.0 Å². The van der Waals surface area contributed by atoms with Crippen LogP contribution < -0.4 is 4.74 Å². The number of hydrogen-bond acceptors (Lipinski definition) is 7. The zero-order chi connectivity index (χ0) is 25.1. The summed E-state index contributed by atoms with van der Waals surface area (Å²) in [6.45, 7) is -1.09. The highest BCUT2D eigenvalue weighted by molar-refractivity contribution is 5.34. The molecule has 0 bridgehead atoms. The molecule has 0 saturated carbocycles. The van der Waals surface area contributed by atoms with E-state index in [0.717, 1.165) is 24.5 Å². The van der Waals surface area contributed by atoms with E-state index in [0.29, 0.717) is 22.0 Å². The first-order chi connectivity index (χ1) is 16.7. The third-order valence-electron chi connectivity index (χ3n) is 5.15. The first-order valence-corrected chi connectivity index (χ1v) is 10.1. The van der Waals surface area contributed by atoms with E-state index in [1.165, 1.54) is 12.1 Å². The number of tetrazole rings is 1. The van der Waals surface area contributed by atoms with Gasteiger partial charge in [0, 0.05) is 17.7 Å². The minimum absolute atomic E-state index is 0.0721. The normalized spacial score (nSPS) is 13.1. The Morgan fingerprint density at radius 1 is 1.06 bits per heavy atom. The lowest BCUT2D eigenvalue weighted by atomic mass is 9.84. The van der Waals surface area contributed by atoms with E-state index >= 15 is 8.78 Å². The molecule has 0 radical (unpaired) electrons. The van der Waals surface area contributed by atoms with Gasteiger partial charge in [-0.2, -0.15) is 18.8 Å². The molecule has 4 rings (SSSR count). The van der Waals surface area contributed by atoms with E-state index in [2.05, 4.69) is 20.4 Å². The highest BCUT2D eigenvalue weighted by Crippen LogP contribution is 2.46. The molecule has 178 valence electrons. The third-order valence-corrected chi connectivity index (χ3v) is 5.15. The Bertz CT molecular complexity index is 1380. The van der Waals surface area contributed by atoms with Crippen LogP contribution in [0.2, 0.25) is 0 Å². The molecule has 2 aromatic heterocycles. The van der Waals surface area contributed by atoms with Crippen LogP contribution >= 0.6 is 0 Å². The zero-order valence-electron chi connectivity index (χ0n) is 17.8. The first kappa shape index (κ1) is 23.8. The third kappa shape index (κ3) is 4.80. The Morgan fingerprint density at radius 3 is 2.57 bits per heavy atom. The summed E-state index contributed by atoms with van der Waals surface area (Å²) < 4.78 is 65.3. The first-order valence-electron chi connectivity index (χ1n) is 10.1. The van der Waals surface area contributed by atoms with Crippen molar-refractivity contribution in [1.29, 1.82) is 5.26 Å². The van der Waals surface area contributed by atoms with Gasteiger partial charge in [0.25, 0.3) is 0 Å². The smallest absolute Gasteiger partial charge is 0.323 e. The molecular formula is C23H16F4N6O2. The van der Waals surface area contributed by atoms with Crippen LogP contribution in [0.1, 0.15) is 22.4 Å². The minimum Gasteiger partial charge on any atom is -0.473 e. The quantitative estimate of drug-likeness (QED) is 0.382. The second-order valence-corrected chi connectivity index (χ2v) is 7.49. The zero-order valence-corrected chi connectivity index (χ0v) is 17.8. The standard InChI is InChI=1S/C23H16F4N6O2/c24-17-7-8-18(19(25)10-17)22(34,13-33-30-14-29-32-33)23(26,27)20-5-2-6-21(31-20)35-12-16-4-1-3-15(9-16)11-28/h1-10,14,34H,12-13H2.